The van der Waals surface area contributed by atoms with Crippen LogP contribution in [0.25, 0.3) is 0 Å². The zero-order valence-corrected chi connectivity index (χ0v) is 10.4. The Hall–Kier alpha value is -1.91. The molecular formula is C13H16FNO3. The van der Waals surface area contributed by atoms with Crippen molar-refractivity contribution in [1.29, 1.82) is 0 Å². The molecule has 0 aromatic heterocycles. The Morgan fingerprint density at radius 3 is 2.67 bits per heavy atom. The molecule has 1 aromatic rings. The number of rotatable bonds is 5. The van der Waals surface area contributed by atoms with Gasteiger partial charge in [0.25, 0.3) is 5.91 Å². The molecule has 1 atom stereocenters. The first-order valence-corrected chi connectivity index (χ1v) is 5.69. The topological polar surface area (TPSA) is 66.4 Å². The number of amides is 1. The van der Waals surface area contributed by atoms with Gasteiger partial charge in [-0.15, -0.1) is 0 Å². The summed E-state index contributed by atoms with van der Waals surface area (Å²) >= 11 is 0. The maximum absolute atomic E-state index is 13.0. The highest BCUT2D eigenvalue weighted by Gasteiger charge is 2.12. The van der Waals surface area contributed by atoms with E-state index in [9.17, 15) is 14.0 Å². The second-order valence-corrected chi connectivity index (χ2v) is 4.27. The maximum atomic E-state index is 13.0. The second kappa shape index (κ2) is 6.14. The summed E-state index contributed by atoms with van der Waals surface area (Å²) < 4.78 is 13.0. The van der Waals surface area contributed by atoms with Crippen LogP contribution < -0.4 is 5.32 Å². The minimum absolute atomic E-state index is 0.00386. The molecular weight excluding hydrogens is 237 g/mol. The highest BCUT2D eigenvalue weighted by Crippen LogP contribution is 2.09. The molecule has 0 heterocycles. The van der Waals surface area contributed by atoms with E-state index in [1.807, 2.05) is 0 Å². The number of carbonyl (C=O) groups is 2. The fraction of sp³-hybridized carbons (Fsp3) is 0.385. The number of halogens is 1. The fourth-order valence-electron chi connectivity index (χ4n) is 1.51. The van der Waals surface area contributed by atoms with E-state index in [1.54, 1.807) is 13.8 Å². The van der Waals surface area contributed by atoms with Gasteiger partial charge in [0.05, 0.1) is 0 Å². The number of carbonyl (C=O) groups excluding carboxylic acids is 1. The molecule has 0 saturated heterocycles. The summed E-state index contributed by atoms with van der Waals surface area (Å²) in [4.78, 5) is 22.2. The summed E-state index contributed by atoms with van der Waals surface area (Å²) in [6.07, 6.45) is 0.366. The average Bonchev–Trinajstić information content (AvgIpc) is 2.30. The molecule has 0 unspecified atom stereocenters. The molecule has 0 radical (unpaired) electrons. The van der Waals surface area contributed by atoms with Crippen LogP contribution in [0, 0.1) is 12.7 Å². The van der Waals surface area contributed by atoms with Crippen LogP contribution in [0.2, 0.25) is 0 Å². The lowest BCUT2D eigenvalue weighted by Gasteiger charge is -2.13. The van der Waals surface area contributed by atoms with E-state index in [2.05, 4.69) is 5.32 Å². The molecule has 18 heavy (non-hydrogen) atoms. The summed E-state index contributed by atoms with van der Waals surface area (Å²) in [7, 11) is 0. The largest absolute Gasteiger partial charge is 0.481 e. The highest BCUT2D eigenvalue weighted by atomic mass is 19.1. The van der Waals surface area contributed by atoms with Gasteiger partial charge in [0.1, 0.15) is 5.82 Å². The predicted molar refractivity (Wildman–Crippen MR) is 64.9 cm³/mol. The van der Waals surface area contributed by atoms with Crippen molar-refractivity contribution < 1.29 is 19.1 Å². The van der Waals surface area contributed by atoms with Crippen molar-refractivity contribution in [3.63, 3.8) is 0 Å². The fourth-order valence-corrected chi connectivity index (χ4v) is 1.51. The van der Waals surface area contributed by atoms with E-state index in [4.69, 9.17) is 5.11 Å². The number of aliphatic carboxylic acids is 1. The molecule has 0 bridgehead atoms. The smallest absolute Gasteiger partial charge is 0.303 e. The van der Waals surface area contributed by atoms with Crippen LogP contribution in [0.5, 0.6) is 0 Å². The van der Waals surface area contributed by atoms with Gasteiger partial charge >= 0.3 is 5.97 Å². The van der Waals surface area contributed by atoms with Crippen LogP contribution in [0.15, 0.2) is 18.2 Å². The van der Waals surface area contributed by atoms with Crippen LogP contribution in [0.4, 0.5) is 4.39 Å². The summed E-state index contributed by atoms with van der Waals surface area (Å²) in [5.74, 6) is -1.57. The van der Waals surface area contributed by atoms with Crippen molar-refractivity contribution in [3.8, 4) is 0 Å². The van der Waals surface area contributed by atoms with Gasteiger partial charge in [-0.2, -0.15) is 0 Å². The van der Waals surface area contributed by atoms with Crippen LogP contribution >= 0.6 is 0 Å². The number of benzene rings is 1. The first-order valence-electron chi connectivity index (χ1n) is 5.69. The van der Waals surface area contributed by atoms with Crippen molar-refractivity contribution >= 4 is 11.9 Å². The third-order valence-electron chi connectivity index (χ3n) is 2.59. The SMILES string of the molecule is Cc1cc(C(=O)N[C@H](C)CCC(=O)O)ccc1F. The molecule has 0 aliphatic rings. The Kier molecular flexibility index (Phi) is 4.83. The van der Waals surface area contributed by atoms with Crippen molar-refractivity contribution in [1.82, 2.24) is 5.32 Å². The van der Waals surface area contributed by atoms with Crippen molar-refractivity contribution in [2.24, 2.45) is 0 Å². The van der Waals surface area contributed by atoms with Crippen LogP contribution in [0.3, 0.4) is 0 Å². The van der Waals surface area contributed by atoms with Crippen LogP contribution in [-0.2, 0) is 4.79 Å². The zero-order chi connectivity index (χ0) is 13.7. The van der Waals surface area contributed by atoms with E-state index < -0.39 is 5.97 Å². The van der Waals surface area contributed by atoms with Crippen molar-refractivity contribution in [2.75, 3.05) is 0 Å². The summed E-state index contributed by atoms with van der Waals surface area (Å²) in [5, 5.41) is 11.2. The van der Waals surface area contributed by atoms with Crippen LogP contribution in [0.1, 0.15) is 35.7 Å². The number of hydrogen-bond acceptors (Lipinski definition) is 2. The first-order chi connectivity index (χ1) is 8.40. The Labute approximate surface area is 105 Å². The minimum atomic E-state index is -0.895. The standard InChI is InChI=1S/C13H16FNO3/c1-8-7-10(4-5-11(8)14)13(18)15-9(2)3-6-12(16)17/h4-5,7,9H,3,6H2,1-2H3,(H,15,18)(H,16,17)/t9-/m1/s1. The predicted octanol–water partition coefficient (Wildman–Crippen LogP) is 2.12. The van der Waals surface area contributed by atoms with Gasteiger partial charge in [0, 0.05) is 18.0 Å². The van der Waals surface area contributed by atoms with Gasteiger partial charge < -0.3 is 10.4 Å². The molecule has 0 spiro atoms. The molecule has 4 nitrogen and oxygen atoms in total. The van der Waals surface area contributed by atoms with Crippen molar-refractivity contribution in [3.05, 3.63) is 35.1 Å². The quantitative estimate of drug-likeness (QED) is 0.844. The molecule has 0 saturated carbocycles. The lowest BCUT2D eigenvalue weighted by atomic mass is 10.1. The lowest BCUT2D eigenvalue weighted by Crippen LogP contribution is -2.33. The molecule has 1 amide bonds. The molecule has 0 fully saturated rings. The molecule has 5 heteroatoms. The minimum Gasteiger partial charge on any atom is -0.481 e. The number of nitrogens with one attached hydrogen (secondary N) is 1. The Morgan fingerprint density at radius 1 is 1.44 bits per heavy atom. The molecule has 0 aliphatic heterocycles. The molecule has 1 aromatic carbocycles. The van der Waals surface area contributed by atoms with Gasteiger partial charge in [0.2, 0.25) is 0 Å². The van der Waals surface area contributed by atoms with E-state index >= 15 is 0 Å². The van der Waals surface area contributed by atoms with Crippen molar-refractivity contribution in [2.45, 2.75) is 32.7 Å². The number of carboxylic acids is 1. The van der Waals surface area contributed by atoms with E-state index in [-0.39, 0.29) is 24.2 Å². The zero-order valence-electron chi connectivity index (χ0n) is 10.4. The maximum Gasteiger partial charge on any atom is 0.303 e. The number of carboxylic acid groups (broad SMARTS) is 1. The normalized spacial score (nSPS) is 11.9. The molecule has 98 valence electrons. The monoisotopic (exact) mass is 253 g/mol. The second-order valence-electron chi connectivity index (χ2n) is 4.27. The Balaban J connectivity index is 2.59. The summed E-state index contributed by atoms with van der Waals surface area (Å²) in [6, 6.07) is 3.88. The van der Waals surface area contributed by atoms with Gasteiger partial charge in [-0.1, -0.05) is 0 Å². The van der Waals surface area contributed by atoms with E-state index in [0.717, 1.165) is 0 Å². The number of hydrogen-bond donors (Lipinski definition) is 2. The average molecular weight is 253 g/mol. The molecule has 0 aliphatic carbocycles. The third kappa shape index (κ3) is 4.16. The van der Waals surface area contributed by atoms with Gasteiger partial charge in [-0.3, -0.25) is 9.59 Å². The van der Waals surface area contributed by atoms with E-state index in [1.165, 1.54) is 18.2 Å². The lowest BCUT2D eigenvalue weighted by molar-refractivity contribution is -0.137. The van der Waals surface area contributed by atoms with Crippen LogP contribution in [-0.4, -0.2) is 23.0 Å². The van der Waals surface area contributed by atoms with E-state index in [0.29, 0.717) is 17.5 Å². The van der Waals surface area contributed by atoms with Gasteiger partial charge in [-0.05, 0) is 44.0 Å². The third-order valence-corrected chi connectivity index (χ3v) is 2.59. The Morgan fingerprint density at radius 2 is 2.11 bits per heavy atom. The molecule has 1 rings (SSSR count). The Bertz CT molecular complexity index is 460. The van der Waals surface area contributed by atoms with Gasteiger partial charge in [-0.25, -0.2) is 4.39 Å². The summed E-state index contributed by atoms with van der Waals surface area (Å²) in [6.45, 7) is 3.32. The molecule has 2 N–H and O–H groups in total. The first kappa shape index (κ1) is 14.2. The van der Waals surface area contributed by atoms with Gasteiger partial charge in [0.15, 0.2) is 0 Å². The number of aryl methyl sites for hydroxylation is 1. The summed E-state index contributed by atoms with van der Waals surface area (Å²) in [5.41, 5.74) is 0.775. The highest BCUT2D eigenvalue weighted by molar-refractivity contribution is 5.94.